The number of aromatic nitrogens is 1. The Bertz CT molecular complexity index is 1080. The van der Waals surface area contributed by atoms with E-state index in [-0.39, 0.29) is 27.4 Å². The molecule has 1 aromatic heterocycles. The van der Waals surface area contributed by atoms with Crippen LogP contribution in [0.15, 0.2) is 53.4 Å². The van der Waals surface area contributed by atoms with Crippen molar-refractivity contribution < 1.29 is 26.7 Å². The lowest BCUT2D eigenvalue weighted by Crippen LogP contribution is -2.16. The molecule has 2 aromatic carbocycles. The first-order chi connectivity index (χ1) is 12.6. The quantitative estimate of drug-likeness (QED) is 0.705. The smallest absolute Gasteiger partial charge is 0.390 e. The third kappa shape index (κ3) is 3.46. The van der Waals surface area contributed by atoms with Crippen molar-refractivity contribution >= 4 is 20.9 Å². The van der Waals surface area contributed by atoms with Gasteiger partial charge in [-0.25, -0.2) is 12.4 Å². The molecule has 0 saturated heterocycles. The van der Waals surface area contributed by atoms with E-state index in [1.807, 2.05) is 13.8 Å². The monoisotopic (exact) mass is 397 g/mol. The van der Waals surface area contributed by atoms with Gasteiger partial charge in [-0.05, 0) is 47.9 Å². The molecule has 0 bridgehead atoms. The van der Waals surface area contributed by atoms with Crippen molar-refractivity contribution in [3.05, 3.63) is 65.4 Å². The third-order valence-corrected chi connectivity index (χ3v) is 6.18. The standard InChI is InChI=1S/C19H18F3NO3S/c1-12(2)13-3-6-17(7-4-13)27(25,26)23-16(11-24)10-14-9-15(19(20,21)22)5-8-18(14)23/h3-10,12,24H,11H2,1-2H3. The molecule has 0 atom stereocenters. The van der Waals surface area contributed by atoms with Crippen LogP contribution in [0.3, 0.4) is 0 Å². The Labute approximate surface area is 154 Å². The zero-order valence-electron chi connectivity index (χ0n) is 14.7. The van der Waals surface area contributed by atoms with Gasteiger partial charge in [0, 0.05) is 5.39 Å². The maximum Gasteiger partial charge on any atom is 0.416 e. The summed E-state index contributed by atoms with van der Waals surface area (Å²) < 4.78 is 65.9. The predicted molar refractivity (Wildman–Crippen MR) is 96.0 cm³/mol. The highest BCUT2D eigenvalue weighted by molar-refractivity contribution is 7.90. The van der Waals surface area contributed by atoms with Crippen LogP contribution >= 0.6 is 0 Å². The predicted octanol–water partition coefficient (Wildman–Crippen LogP) is 4.51. The molecule has 4 nitrogen and oxygen atoms in total. The van der Waals surface area contributed by atoms with Gasteiger partial charge in [-0.3, -0.25) is 0 Å². The third-order valence-electron chi connectivity index (χ3n) is 4.40. The van der Waals surface area contributed by atoms with Gasteiger partial charge in [-0.2, -0.15) is 13.2 Å². The minimum Gasteiger partial charge on any atom is -0.390 e. The zero-order chi connectivity index (χ0) is 20.0. The Kier molecular flexibility index (Phi) is 4.81. The van der Waals surface area contributed by atoms with Gasteiger partial charge in [-0.1, -0.05) is 26.0 Å². The second kappa shape index (κ2) is 6.69. The van der Waals surface area contributed by atoms with Gasteiger partial charge in [0.05, 0.1) is 28.3 Å². The molecule has 0 aliphatic heterocycles. The Hall–Kier alpha value is -2.32. The fourth-order valence-corrected chi connectivity index (χ4v) is 4.48. The lowest BCUT2D eigenvalue weighted by molar-refractivity contribution is -0.137. The van der Waals surface area contributed by atoms with Crippen LogP contribution in [0.25, 0.3) is 10.9 Å². The molecule has 0 aliphatic carbocycles. The van der Waals surface area contributed by atoms with E-state index in [0.717, 1.165) is 27.7 Å². The van der Waals surface area contributed by atoms with Crippen LogP contribution in [0.4, 0.5) is 13.2 Å². The molecule has 0 unspecified atom stereocenters. The van der Waals surface area contributed by atoms with Crippen molar-refractivity contribution in [2.24, 2.45) is 0 Å². The van der Waals surface area contributed by atoms with E-state index in [9.17, 15) is 26.7 Å². The average Bonchev–Trinajstić information content (AvgIpc) is 2.99. The molecule has 0 spiro atoms. The second-order valence-corrected chi connectivity index (χ2v) is 8.35. The average molecular weight is 397 g/mol. The zero-order valence-corrected chi connectivity index (χ0v) is 15.5. The summed E-state index contributed by atoms with van der Waals surface area (Å²) in [5.74, 6) is 0.225. The number of aliphatic hydroxyl groups is 1. The van der Waals surface area contributed by atoms with Crippen LogP contribution in [0, 0.1) is 0 Å². The topological polar surface area (TPSA) is 59.3 Å². The van der Waals surface area contributed by atoms with Crippen molar-refractivity contribution in [3.63, 3.8) is 0 Å². The van der Waals surface area contributed by atoms with Crippen molar-refractivity contribution in [2.45, 2.75) is 37.4 Å². The number of rotatable bonds is 4. The number of benzene rings is 2. The maximum absolute atomic E-state index is 13.1. The molecule has 3 rings (SSSR count). The maximum atomic E-state index is 13.1. The number of fused-ring (bicyclic) bond motifs is 1. The fourth-order valence-electron chi connectivity index (χ4n) is 2.95. The van der Waals surface area contributed by atoms with Gasteiger partial charge in [0.15, 0.2) is 0 Å². The molecule has 8 heteroatoms. The van der Waals surface area contributed by atoms with Gasteiger partial charge >= 0.3 is 6.18 Å². The van der Waals surface area contributed by atoms with Crippen LogP contribution in [-0.2, 0) is 22.8 Å². The van der Waals surface area contributed by atoms with Gasteiger partial charge < -0.3 is 5.11 Å². The summed E-state index contributed by atoms with van der Waals surface area (Å²) in [7, 11) is -4.08. The van der Waals surface area contributed by atoms with Gasteiger partial charge in [0.25, 0.3) is 10.0 Å². The minimum atomic E-state index is -4.54. The minimum absolute atomic E-state index is 0.000928. The Morgan fingerprint density at radius 1 is 1.04 bits per heavy atom. The van der Waals surface area contributed by atoms with Crippen molar-refractivity contribution in [2.75, 3.05) is 0 Å². The summed E-state index contributed by atoms with van der Waals surface area (Å²) in [6.07, 6.45) is -4.54. The summed E-state index contributed by atoms with van der Waals surface area (Å²) in [5.41, 5.74) is 0.163. The molecule has 0 aliphatic rings. The molecule has 3 aromatic rings. The second-order valence-electron chi connectivity index (χ2n) is 6.56. The number of nitrogens with zero attached hydrogens (tertiary/aromatic N) is 1. The van der Waals surface area contributed by atoms with Crippen molar-refractivity contribution in [1.29, 1.82) is 0 Å². The van der Waals surface area contributed by atoms with Crippen LogP contribution in [0.1, 0.15) is 36.6 Å². The summed E-state index contributed by atoms with van der Waals surface area (Å²) in [6, 6.07) is 10.4. The van der Waals surface area contributed by atoms with Crippen LogP contribution in [-0.4, -0.2) is 17.5 Å². The van der Waals surface area contributed by atoms with Crippen LogP contribution in [0.5, 0.6) is 0 Å². The number of hydrogen-bond donors (Lipinski definition) is 1. The van der Waals surface area contributed by atoms with Crippen molar-refractivity contribution in [1.82, 2.24) is 3.97 Å². The lowest BCUT2D eigenvalue weighted by atomic mass is 10.0. The van der Waals surface area contributed by atoms with E-state index in [1.54, 1.807) is 12.1 Å². The first-order valence-electron chi connectivity index (χ1n) is 8.23. The summed E-state index contributed by atoms with van der Waals surface area (Å²) >= 11 is 0. The van der Waals surface area contributed by atoms with E-state index in [4.69, 9.17) is 0 Å². The summed E-state index contributed by atoms with van der Waals surface area (Å²) in [6.45, 7) is 3.33. The largest absolute Gasteiger partial charge is 0.416 e. The van der Waals surface area contributed by atoms with Crippen LogP contribution in [0.2, 0.25) is 0 Å². The molecular formula is C19H18F3NO3S. The Balaban J connectivity index is 2.19. The molecule has 1 heterocycles. The number of halogens is 3. The van der Waals surface area contributed by atoms with Gasteiger partial charge in [0.2, 0.25) is 0 Å². The number of hydrogen-bond acceptors (Lipinski definition) is 3. The highest BCUT2D eigenvalue weighted by atomic mass is 32.2. The first-order valence-corrected chi connectivity index (χ1v) is 9.67. The highest BCUT2D eigenvalue weighted by Crippen LogP contribution is 2.34. The first kappa shape index (κ1) is 19.4. The summed E-state index contributed by atoms with van der Waals surface area (Å²) in [4.78, 5) is -0.000928. The Morgan fingerprint density at radius 3 is 2.19 bits per heavy atom. The van der Waals surface area contributed by atoms with E-state index < -0.39 is 28.4 Å². The van der Waals surface area contributed by atoms with Crippen LogP contribution < -0.4 is 0 Å². The SMILES string of the molecule is CC(C)c1ccc(S(=O)(=O)n2c(CO)cc3cc(C(F)(F)F)ccc32)cc1. The van der Waals surface area contributed by atoms with E-state index in [0.29, 0.717) is 0 Å². The van der Waals surface area contributed by atoms with Gasteiger partial charge in [-0.15, -0.1) is 0 Å². The summed E-state index contributed by atoms with van der Waals surface area (Å²) in [5, 5.41) is 9.66. The number of alkyl halides is 3. The fraction of sp³-hybridized carbons (Fsp3) is 0.263. The molecule has 1 N–H and O–H groups in total. The molecule has 0 fully saturated rings. The van der Waals surface area contributed by atoms with Crippen molar-refractivity contribution in [3.8, 4) is 0 Å². The normalized spacial score (nSPS) is 12.9. The molecule has 0 radical (unpaired) electrons. The molecule has 144 valence electrons. The van der Waals surface area contributed by atoms with Gasteiger partial charge in [0.1, 0.15) is 0 Å². The molecule has 27 heavy (non-hydrogen) atoms. The van der Waals surface area contributed by atoms with E-state index in [1.165, 1.54) is 18.2 Å². The van der Waals surface area contributed by atoms with E-state index in [2.05, 4.69) is 0 Å². The Morgan fingerprint density at radius 2 is 1.67 bits per heavy atom. The number of aliphatic hydroxyl groups excluding tert-OH is 1. The molecule has 0 amide bonds. The molecular weight excluding hydrogens is 379 g/mol. The lowest BCUT2D eigenvalue weighted by Gasteiger charge is -2.13. The van der Waals surface area contributed by atoms with E-state index >= 15 is 0 Å². The highest BCUT2D eigenvalue weighted by Gasteiger charge is 2.31. The molecule has 0 saturated carbocycles.